The average Bonchev–Trinajstić information content (AvgIpc) is 3.01. The number of carbonyl (C=O) groups excluding carboxylic acids is 1. The third kappa shape index (κ3) is 3.55. The zero-order chi connectivity index (χ0) is 16.4. The highest BCUT2D eigenvalue weighted by atomic mass is 35.5. The van der Waals surface area contributed by atoms with E-state index < -0.39 is 0 Å². The Kier molecular flexibility index (Phi) is 4.37. The molecule has 1 heterocycles. The second-order valence-electron chi connectivity index (χ2n) is 5.02. The lowest BCUT2D eigenvalue weighted by Crippen LogP contribution is -2.12. The van der Waals surface area contributed by atoms with Gasteiger partial charge in [-0.2, -0.15) is 0 Å². The SMILES string of the molecule is Cc1ccc(NC(=O)c2cc(-c3ccc(Cl)cc3)on2)c(Cl)c1. The van der Waals surface area contributed by atoms with Crippen LogP contribution in [0.3, 0.4) is 0 Å². The standard InChI is InChI=1S/C17H12Cl2N2O2/c1-10-2-7-14(13(19)8-10)20-17(22)15-9-16(23-21-15)11-3-5-12(18)6-4-11/h2-9H,1H3,(H,20,22). The lowest BCUT2D eigenvalue weighted by Gasteiger charge is -2.05. The summed E-state index contributed by atoms with van der Waals surface area (Å²) in [6.07, 6.45) is 0. The molecule has 116 valence electrons. The Morgan fingerprint density at radius 2 is 1.83 bits per heavy atom. The van der Waals surface area contributed by atoms with Crippen molar-refractivity contribution in [1.29, 1.82) is 0 Å². The molecule has 4 nitrogen and oxygen atoms in total. The van der Waals surface area contributed by atoms with E-state index in [1.54, 1.807) is 42.5 Å². The summed E-state index contributed by atoms with van der Waals surface area (Å²) < 4.78 is 5.21. The maximum Gasteiger partial charge on any atom is 0.277 e. The molecule has 0 spiro atoms. The number of nitrogens with one attached hydrogen (secondary N) is 1. The van der Waals surface area contributed by atoms with Crippen LogP contribution in [0.2, 0.25) is 10.0 Å². The van der Waals surface area contributed by atoms with Crippen LogP contribution in [-0.2, 0) is 0 Å². The van der Waals surface area contributed by atoms with Crippen molar-refractivity contribution in [2.45, 2.75) is 6.92 Å². The van der Waals surface area contributed by atoms with Crippen molar-refractivity contribution < 1.29 is 9.32 Å². The van der Waals surface area contributed by atoms with E-state index in [9.17, 15) is 4.79 Å². The number of benzene rings is 2. The van der Waals surface area contributed by atoms with E-state index in [4.69, 9.17) is 27.7 Å². The summed E-state index contributed by atoms with van der Waals surface area (Å²) in [6.45, 7) is 1.92. The van der Waals surface area contributed by atoms with Crippen LogP contribution >= 0.6 is 23.2 Å². The van der Waals surface area contributed by atoms with Gasteiger partial charge in [0, 0.05) is 16.7 Å². The first-order chi connectivity index (χ1) is 11.0. The van der Waals surface area contributed by atoms with Crippen LogP contribution in [0.5, 0.6) is 0 Å². The van der Waals surface area contributed by atoms with Crippen molar-refractivity contribution in [2.75, 3.05) is 5.32 Å². The fraction of sp³-hybridized carbons (Fsp3) is 0.0588. The third-order valence-corrected chi connectivity index (χ3v) is 3.81. The van der Waals surface area contributed by atoms with Crippen LogP contribution in [0.15, 0.2) is 53.1 Å². The number of halogens is 2. The Bertz CT molecular complexity index is 857. The van der Waals surface area contributed by atoms with E-state index in [2.05, 4.69) is 10.5 Å². The van der Waals surface area contributed by atoms with Gasteiger partial charge >= 0.3 is 0 Å². The Labute approximate surface area is 143 Å². The van der Waals surface area contributed by atoms with Gasteiger partial charge in [0.25, 0.3) is 5.91 Å². The van der Waals surface area contributed by atoms with Gasteiger partial charge in [-0.15, -0.1) is 0 Å². The van der Waals surface area contributed by atoms with Crippen LogP contribution in [0, 0.1) is 6.92 Å². The number of hydrogen-bond acceptors (Lipinski definition) is 3. The Hall–Kier alpha value is -2.30. The number of nitrogens with zero attached hydrogens (tertiary/aromatic N) is 1. The minimum Gasteiger partial charge on any atom is -0.355 e. The molecule has 6 heteroatoms. The minimum absolute atomic E-state index is 0.173. The molecule has 3 aromatic rings. The third-order valence-electron chi connectivity index (χ3n) is 3.24. The molecular weight excluding hydrogens is 335 g/mol. The highest BCUT2D eigenvalue weighted by Gasteiger charge is 2.15. The molecule has 2 aromatic carbocycles. The predicted molar refractivity (Wildman–Crippen MR) is 91.1 cm³/mol. The van der Waals surface area contributed by atoms with Crippen molar-refractivity contribution in [3.8, 4) is 11.3 Å². The second kappa shape index (κ2) is 6.44. The molecule has 0 aliphatic carbocycles. The summed E-state index contributed by atoms with van der Waals surface area (Å²) in [5.74, 6) is 0.0986. The number of amides is 1. The number of anilines is 1. The van der Waals surface area contributed by atoms with Gasteiger partial charge in [-0.05, 0) is 48.9 Å². The Morgan fingerprint density at radius 1 is 1.09 bits per heavy atom. The zero-order valence-electron chi connectivity index (χ0n) is 12.1. The summed E-state index contributed by atoms with van der Waals surface area (Å²) >= 11 is 12.0. The van der Waals surface area contributed by atoms with Gasteiger partial charge in [-0.3, -0.25) is 4.79 Å². The maximum atomic E-state index is 12.2. The van der Waals surface area contributed by atoms with Gasteiger partial charge < -0.3 is 9.84 Å². The molecule has 0 radical (unpaired) electrons. The number of hydrogen-bond donors (Lipinski definition) is 1. The molecule has 0 bridgehead atoms. The predicted octanol–water partition coefficient (Wildman–Crippen LogP) is 5.21. The molecule has 0 unspecified atom stereocenters. The van der Waals surface area contributed by atoms with E-state index in [0.717, 1.165) is 11.1 Å². The summed E-state index contributed by atoms with van der Waals surface area (Å²) in [6, 6.07) is 14.0. The van der Waals surface area contributed by atoms with E-state index in [0.29, 0.717) is 21.5 Å². The molecule has 1 N–H and O–H groups in total. The van der Waals surface area contributed by atoms with Gasteiger partial charge in [0.2, 0.25) is 0 Å². The maximum absolute atomic E-state index is 12.2. The Morgan fingerprint density at radius 3 is 2.52 bits per heavy atom. The molecule has 1 amide bonds. The summed E-state index contributed by atoms with van der Waals surface area (Å²) in [4.78, 5) is 12.2. The fourth-order valence-corrected chi connectivity index (χ4v) is 2.45. The molecule has 0 aliphatic rings. The van der Waals surface area contributed by atoms with Crippen LogP contribution in [0.25, 0.3) is 11.3 Å². The van der Waals surface area contributed by atoms with Crippen molar-refractivity contribution >= 4 is 34.8 Å². The van der Waals surface area contributed by atoms with E-state index in [-0.39, 0.29) is 11.6 Å². The minimum atomic E-state index is -0.389. The van der Waals surface area contributed by atoms with Gasteiger partial charge in [-0.25, -0.2) is 0 Å². The number of aryl methyl sites for hydroxylation is 1. The largest absolute Gasteiger partial charge is 0.355 e. The first-order valence-electron chi connectivity index (χ1n) is 6.83. The van der Waals surface area contributed by atoms with E-state index in [1.165, 1.54) is 0 Å². The molecule has 23 heavy (non-hydrogen) atoms. The monoisotopic (exact) mass is 346 g/mol. The molecule has 0 atom stereocenters. The number of carbonyl (C=O) groups is 1. The van der Waals surface area contributed by atoms with Gasteiger partial charge in [-0.1, -0.05) is 34.4 Å². The quantitative estimate of drug-likeness (QED) is 0.708. The molecule has 1 aromatic heterocycles. The van der Waals surface area contributed by atoms with Crippen LogP contribution < -0.4 is 5.32 Å². The molecule has 3 rings (SSSR count). The van der Waals surface area contributed by atoms with Gasteiger partial charge in [0.15, 0.2) is 11.5 Å². The van der Waals surface area contributed by atoms with Crippen LogP contribution in [0.1, 0.15) is 16.1 Å². The van der Waals surface area contributed by atoms with Crippen molar-refractivity contribution in [3.63, 3.8) is 0 Å². The van der Waals surface area contributed by atoms with Crippen LogP contribution in [0.4, 0.5) is 5.69 Å². The summed E-state index contributed by atoms with van der Waals surface area (Å²) in [5.41, 5.74) is 2.50. The second-order valence-corrected chi connectivity index (χ2v) is 5.86. The zero-order valence-corrected chi connectivity index (χ0v) is 13.7. The fourth-order valence-electron chi connectivity index (χ4n) is 2.04. The van der Waals surface area contributed by atoms with E-state index in [1.807, 2.05) is 13.0 Å². The van der Waals surface area contributed by atoms with E-state index >= 15 is 0 Å². The molecular formula is C17H12Cl2N2O2. The lowest BCUT2D eigenvalue weighted by molar-refractivity contribution is 0.101. The van der Waals surface area contributed by atoms with Gasteiger partial charge in [0.05, 0.1) is 10.7 Å². The first kappa shape index (κ1) is 15.6. The molecule has 0 saturated heterocycles. The number of aromatic nitrogens is 1. The summed E-state index contributed by atoms with van der Waals surface area (Å²) in [5, 5.41) is 7.61. The van der Waals surface area contributed by atoms with Gasteiger partial charge in [0.1, 0.15) is 0 Å². The first-order valence-corrected chi connectivity index (χ1v) is 7.59. The number of rotatable bonds is 3. The average molecular weight is 347 g/mol. The highest BCUT2D eigenvalue weighted by molar-refractivity contribution is 6.34. The van der Waals surface area contributed by atoms with Crippen molar-refractivity contribution in [3.05, 3.63) is 69.8 Å². The molecule has 0 fully saturated rings. The normalized spacial score (nSPS) is 10.6. The molecule has 0 saturated carbocycles. The smallest absolute Gasteiger partial charge is 0.277 e. The molecule has 0 aliphatic heterocycles. The highest BCUT2D eigenvalue weighted by Crippen LogP contribution is 2.25. The topological polar surface area (TPSA) is 55.1 Å². The lowest BCUT2D eigenvalue weighted by atomic mass is 10.1. The van der Waals surface area contributed by atoms with Crippen molar-refractivity contribution in [1.82, 2.24) is 5.16 Å². The summed E-state index contributed by atoms with van der Waals surface area (Å²) in [7, 11) is 0. The van der Waals surface area contributed by atoms with Crippen LogP contribution in [-0.4, -0.2) is 11.1 Å². The van der Waals surface area contributed by atoms with Crippen molar-refractivity contribution in [2.24, 2.45) is 0 Å². The Balaban J connectivity index is 1.79.